The lowest BCUT2D eigenvalue weighted by molar-refractivity contribution is 0.211. The van der Waals surface area contributed by atoms with E-state index in [1.807, 2.05) is 42.5 Å². The number of hydrogen-bond donors (Lipinski definition) is 0. The Hall–Kier alpha value is -1.74. The highest BCUT2D eigenvalue weighted by Crippen LogP contribution is 2.16. The molecule has 0 aliphatic heterocycles. The average molecular weight is 264 g/mol. The molecule has 4 heteroatoms. The summed E-state index contributed by atoms with van der Waals surface area (Å²) in [6, 6.07) is 13.4. The molecule has 2 aromatic rings. The molecule has 0 radical (unpaired) electrons. The van der Waals surface area contributed by atoms with Gasteiger partial charge in [0, 0.05) is 11.8 Å². The first-order chi connectivity index (χ1) is 8.90. The second-order valence-corrected chi connectivity index (χ2v) is 3.88. The lowest BCUT2D eigenvalue weighted by Gasteiger charge is -2.09. The van der Waals surface area contributed by atoms with Crippen molar-refractivity contribution < 1.29 is 9.47 Å². The fraction of sp³-hybridized carbons (Fsp3) is 0.214. The normalized spacial score (nSPS) is 10.1. The summed E-state index contributed by atoms with van der Waals surface area (Å²) in [4.78, 5) is 4.13. The number of ether oxygens (including phenoxy) is 2. The Kier molecular flexibility index (Phi) is 4.85. The van der Waals surface area contributed by atoms with Crippen LogP contribution in [0, 0.1) is 0 Å². The standard InChI is InChI=1S/C14H14ClNO2/c15-11-12-5-4-8-16-14(12)18-10-9-17-13-6-2-1-3-7-13/h1-8H,9-11H2. The van der Waals surface area contributed by atoms with E-state index in [9.17, 15) is 0 Å². The number of hydrogen-bond acceptors (Lipinski definition) is 3. The highest BCUT2D eigenvalue weighted by Gasteiger charge is 2.02. The molecule has 0 fully saturated rings. The van der Waals surface area contributed by atoms with Crippen LogP contribution >= 0.6 is 11.6 Å². The van der Waals surface area contributed by atoms with Gasteiger partial charge in [0.2, 0.25) is 5.88 Å². The molecule has 0 amide bonds. The minimum atomic E-state index is 0.392. The Morgan fingerprint density at radius 1 is 0.944 bits per heavy atom. The maximum Gasteiger partial charge on any atom is 0.217 e. The third-order valence-corrected chi connectivity index (χ3v) is 2.62. The van der Waals surface area contributed by atoms with Gasteiger partial charge in [0.1, 0.15) is 19.0 Å². The van der Waals surface area contributed by atoms with Crippen LogP contribution in [0.2, 0.25) is 0 Å². The molecule has 0 unspecified atom stereocenters. The van der Waals surface area contributed by atoms with Crippen LogP contribution in [0.15, 0.2) is 48.7 Å². The van der Waals surface area contributed by atoms with E-state index in [0.717, 1.165) is 11.3 Å². The van der Waals surface area contributed by atoms with Crippen molar-refractivity contribution in [1.82, 2.24) is 4.98 Å². The van der Waals surface area contributed by atoms with Crippen LogP contribution in [0.25, 0.3) is 0 Å². The van der Waals surface area contributed by atoms with E-state index >= 15 is 0 Å². The summed E-state index contributed by atoms with van der Waals surface area (Å²) in [5.41, 5.74) is 0.888. The molecule has 0 aliphatic carbocycles. The zero-order valence-corrected chi connectivity index (χ0v) is 10.6. The van der Waals surface area contributed by atoms with Crippen LogP contribution in [0.4, 0.5) is 0 Å². The first-order valence-corrected chi connectivity index (χ1v) is 6.24. The van der Waals surface area contributed by atoms with Gasteiger partial charge in [-0.2, -0.15) is 0 Å². The molecule has 1 aromatic carbocycles. The van der Waals surface area contributed by atoms with Gasteiger partial charge in [-0.1, -0.05) is 24.3 Å². The molecule has 1 aromatic heterocycles. The molecule has 2 rings (SSSR count). The molecule has 0 bridgehead atoms. The molecular formula is C14H14ClNO2. The third kappa shape index (κ3) is 3.64. The third-order valence-electron chi connectivity index (χ3n) is 2.33. The predicted octanol–water partition coefficient (Wildman–Crippen LogP) is 3.28. The van der Waals surface area contributed by atoms with E-state index in [0.29, 0.717) is 25.0 Å². The predicted molar refractivity (Wildman–Crippen MR) is 71.2 cm³/mol. The van der Waals surface area contributed by atoms with Crippen molar-refractivity contribution in [2.75, 3.05) is 13.2 Å². The summed E-state index contributed by atoms with van der Waals surface area (Å²) in [6.07, 6.45) is 1.68. The van der Waals surface area contributed by atoms with Crippen LogP contribution < -0.4 is 9.47 Å². The van der Waals surface area contributed by atoms with Gasteiger partial charge in [-0.25, -0.2) is 4.98 Å². The number of rotatable bonds is 6. The highest BCUT2D eigenvalue weighted by molar-refractivity contribution is 6.17. The highest BCUT2D eigenvalue weighted by atomic mass is 35.5. The minimum absolute atomic E-state index is 0.392. The maximum atomic E-state index is 5.79. The molecule has 0 aliphatic rings. The summed E-state index contributed by atoms with van der Waals surface area (Å²) >= 11 is 5.79. The Morgan fingerprint density at radius 3 is 2.50 bits per heavy atom. The van der Waals surface area contributed by atoms with Crippen molar-refractivity contribution in [3.63, 3.8) is 0 Å². The smallest absolute Gasteiger partial charge is 0.217 e. The molecule has 0 spiro atoms. The lowest BCUT2D eigenvalue weighted by Crippen LogP contribution is -2.10. The molecule has 0 saturated heterocycles. The molecule has 1 heterocycles. The van der Waals surface area contributed by atoms with Gasteiger partial charge < -0.3 is 9.47 Å². The fourth-order valence-electron chi connectivity index (χ4n) is 1.47. The zero-order chi connectivity index (χ0) is 12.6. The topological polar surface area (TPSA) is 31.4 Å². The van der Waals surface area contributed by atoms with Gasteiger partial charge in [-0.05, 0) is 18.2 Å². The number of benzene rings is 1. The number of nitrogens with zero attached hydrogens (tertiary/aromatic N) is 1. The van der Waals surface area contributed by atoms with E-state index in [1.165, 1.54) is 0 Å². The van der Waals surface area contributed by atoms with Crippen LogP contribution in [-0.4, -0.2) is 18.2 Å². The van der Waals surface area contributed by atoms with Gasteiger partial charge in [-0.15, -0.1) is 11.6 Å². The number of para-hydroxylation sites is 1. The summed E-state index contributed by atoms with van der Waals surface area (Å²) in [5.74, 6) is 1.80. The number of pyridine rings is 1. The molecular weight excluding hydrogens is 250 g/mol. The minimum Gasteiger partial charge on any atom is -0.490 e. The maximum absolute atomic E-state index is 5.79. The number of halogens is 1. The Bertz CT molecular complexity index is 476. The largest absolute Gasteiger partial charge is 0.490 e. The summed E-state index contributed by atoms with van der Waals surface area (Å²) in [5, 5.41) is 0. The van der Waals surface area contributed by atoms with Crippen molar-refractivity contribution in [3.05, 3.63) is 54.2 Å². The van der Waals surface area contributed by atoms with E-state index in [-0.39, 0.29) is 0 Å². The first-order valence-electron chi connectivity index (χ1n) is 5.70. The monoisotopic (exact) mass is 263 g/mol. The van der Waals surface area contributed by atoms with Gasteiger partial charge >= 0.3 is 0 Å². The summed E-state index contributed by atoms with van der Waals surface area (Å²) < 4.78 is 11.0. The van der Waals surface area contributed by atoms with E-state index in [4.69, 9.17) is 21.1 Å². The average Bonchev–Trinajstić information content (AvgIpc) is 2.45. The van der Waals surface area contributed by atoms with Crippen molar-refractivity contribution in [2.24, 2.45) is 0 Å². The molecule has 0 N–H and O–H groups in total. The van der Waals surface area contributed by atoms with Crippen LogP contribution in [0.1, 0.15) is 5.56 Å². The lowest BCUT2D eigenvalue weighted by atomic mass is 10.3. The number of alkyl halides is 1. The van der Waals surface area contributed by atoms with Crippen molar-refractivity contribution in [1.29, 1.82) is 0 Å². The molecule has 0 saturated carbocycles. The second-order valence-electron chi connectivity index (χ2n) is 3.61. The number of aromatic nitrogens is 1. The van der Waals surface area contributed by atoms with Crippen molar-refractivity contribution in [2.45, 2.75) is 5.88 Å². The van der Waals surface area contributed by atoms with E-state index in [1.54, 1.807) is 6.20 Å². The quantitative estimate of drug-likeness (QED) is 0.592. The van der Waals surface area contributed by atoms with Crippen LogP contribution in [-0.2, 0) is 5.88 Å². The SMILES string of the molecule is ClCc1cccnc1OCCOc1ccccc1. The zero-order valence-electron chi connectivity index (χ0n) is 9.88. The Balaban J connectivity index is 1.78. The van der Waals surface area contributed by atoms with Gasteiger partial charge in [0.05, 0.1) is 5.88 Å². The van der Waals surface area contributed by atoms with E-state index in [2.05, 4.69) is 4.98 Å². The molecule has 94 valence electrons. The second kappa shape index (κ2) is 6.87. The van der Waals surface area contributed by atoms with Crippen molar-refractivity contribution in [3.8, 4) is 11.6 Å². The molecule has 0 atom stereocenters. The molecule has 3 nitrogen and oxygen atoms in total. The van der Waals surface area contributed by atoms with Crippen molar-refractivity contribution >= 4 is 11.6 Å². The molecule has 18 heavy (non-hydrogen) atoms. The van der Waals surface area contributed by atoms with Crippen LogP contribution in [0.3, 0.4) is 0 Å². The fourth-order valence-corrected chi connectivity index (χ4v) is 1.67. The summed E-state index contributed by atoms with van der Waals surface area (Å²) in [7, 11) is 0. The Morgan fingerprint density at radius 2 is 1.72 bits per heavy atom. The first kappa shape index (κ1) is 12.7. The van der Waals surface area contributed by atoms with Gasteiger partial charge in [-0.3, -0.25) is 0 Å². The summed E-state index contributed by atoms with van der Waals surface area (Å²) in [6.45, 7) is 0.915. The Labute approximate surface area is 111 Å². The van der Waals surface area contributed by atoms with Gasteiger partial charge in [0.25, 0.3) is 0 Å². The van der Waals surface area contributed by atoms with Crippen LogP contribution in [0.5, 0.6) is 11.6 Å². The van der Waals surface area contributed by atoms with Gasteiger partial charge in [0.15, 0.2) is 0 Å². The van der Waals surface area contributed by atoms with E-state index < -0.39 is 0 Å².